The molecule has 2 nitrogen and oxygen atoms in total. The number of nitrogens with one attached hydrogen (secondary N) is 1. The van der Waals surface area contributed by atoms with E-state index in [0.29, 0.717) is 6.04 Å². The second-order valence-corrected chi connectivity index (χ2v) is 4.29. The number of hydrogen-bond donors (Lipinski definition) is 1. The van der Waals surface area contributed by atoms with Crippen molar-refractivity contribution in [3.8, 4) is 0 Å². The van der Waals surface area contributed by atoms with Gasteiger partial charge in [0.1, 0.15) is 0 Å². The summed E-state index contributed by atoms with van der Waals surface area (Å²) in [6.45, 7) is 6.08. The zero-order valence-electron chi connectivity index (χ0n) is 7.48. The summed E-state index contributed by atoms with van der Waals surface area (Å²) in [4.78, 5) is 11.1. The molecule has 0 spiro atoms. The quantitative estimate of drug-likeness (QED) is 0.642. The number of amides is 1. The molecule has 0 aromatic carbocycles. The van der Waals surface area contributed by atoms with Crippen molar-refractivity contribution in [2.24, 2.45) is 5.41 Å². The monoisotopic (exact) mass is 154 g/mol. The van der Waals surface area contributed by atoms with Crippen molar-refractivity contribution >= 4 is 5.91 Å². The number of carbonyl (C=O) groups excluding carboxylic acids is 1. The van der Waals surface area contributed by atoms with Crippen LogP contribution in [0, 0.1) is 11.8 Å². The Balaban J connectivity index is 2.19. The zero-order chi connectivity index (χ0) is 8.48. The number of rotatable bonds is 2. The van der Waals surface area contributed by atoms with Gasteiger partial charge in [-0.05, 0) is 18.3 Å². The smallest absolute Gasteiger partial charge is 0.224 e. The molecule has 0 aromatic rings. The van der Waals surface area contributed by atoms with Crippen molar-refractivity contribution < 1.29 is 4.79 Å². The van der Waals surface area contributed by atoms with Crippen LogP contribution in [0.15, 0.2) is 0 Å². The molecule has 1 radical (unpaired) electrons. The summed E-state index contributed by atoms with van der Waals surface area (Å²) in [5.41, 5.74) is -0.00102. The number of hydrogen-bond acceptors (Lipinski definition) is 1. The van der Waals surface area contributed by atoms with Crippen molar-refractivity contribution in [3.05, 3.63) is 6.42 Å². The van der Waals surface area contributed by atoms with Crippen molar-refractivity contribution in [2.75, 3.05) is 0 Å². The molecule has 1 rings (SSSR count). The van der Waals surface area contributed by atoms with Gasteiger partial charge in [0.2, 0.25) is 5.91 Å². The molecule has 1 aliphatic carbocycles. The molecule has 1 aliphatic rings. The lowest BCUT2D eigenvalue weighted by Crippen LogP contribution is -2.29. The first-order chi connectivity index (χ1) is 4.97. The SMILES string of the molecule is CC(C)(C)[CH]C(=O)NC1CC1. The summed E-state index contributed by atoms with van der Waals surface area (Å²) in [7, 11) is 0. The Bertz CT molecular complexity index is 153. The van der Waals surface area contributed by atoms with E-state index in [2.05, 4.69) is 5.32 Å². The highest BCUT2D eigenvalue weighted by Gasteiger charge is 2.25. The molecule has 0 bridgehead atoms. The Labute approximate surface area is 68.4 Å². The van der Waals surface area contributed by atoms with E-state index < -0.39 is 0 Å². The van der Waals surface area contributed by atoms with Crippen LogP contribution in [0.2, 0.25) is 0 Å². The van der Waals surface area contributed by atoms with Crippen molar-refractivity contribution in [3.63, 3.8) is 0 Å². The predicted octanol–water partition coefficient (Wildman–Crippen LogP) is 1.52. The molecule has 1 saturated carbocycles. The lowest BCUT2D eigenvalue weighted by atomic mass is 9.92. The highest BCUT2D eigenvalue weighted by molar-refractivity contribution is 5.85. The van der Waals surface area contributed by atoms with Crippen molar-refractivity contribution in [1.29, 1.82) is 0 Å². The zero-order valence-corrected chi connectivity index (χ0v) is 7.48. The first-order valence-electron chi connectivity index (χ1n) is 4.14. The topological polar surface area (TPSA) is 29.1 Å². The molecule has 0 aliphatic heterocycles. The summed E-state index contributed by atoms with van der Waals surface area (Å²) in [6, 6.07) is 0.473. The van der Waals surface area contributed by atoms with Gasteiger partial charge in [-0.3, -0.25) is 4.79 Å². The molecule has 0 unspecified atom stereocenters. The predicted molar refractivity (Wildman–Crippen MR) is 44.9 cm³/mol. The van der Waals surface area contributed by atoms with Gasteiger partial charge in [0.25, 0.3) is 0 Å². The molecule has 0 heterocycles. The third kappa shape index (κ3) is 4.02. The van der Waals surface area contributed by atoms with E-state index in [1.807, 2.05) is 20.8 Å². The fourth-order valence-electron chi connectivity index (χ4n) is 0.864. The van der Waals surface area contributed by atoms with Crippen LogP contribution in [0.1, 0.15) is 33.6 Å². The van der Waals surface area contributed by atoms with Gasteiger partial charge >= 0.3 is 0 Å². The minimum Gasteiger partial charge on any atom is -0.353 e. The Morgan fingerprint density at radius 3 is 2.36 bits per heavy atom. The maximum Gasteiger partial charge on any atom is 0.224 e. The van der Waals surface area contributed by atoms with Gasteiger partial charge in [0.05, 0.1) is 6.42 Å². The summed E-state index contributed by atoms with van der Waals surface area (Å²) >= 11 is 0. The highest BCUT2D eigenvalue weighted by Crippen LogP contribution is 2.21. The van der Waals surface area contributed by atoms with Gasteiger partial charge in [-0.25, -0.2) is 0 Å². The van der Waals surface area contributed by atoms with Crippen LogP contribution in [0.3, 0.4) is 0 Å². The standard InChI is InChI=1S/C9H16NO/c1-9(2,3)6-8(11)10-7-4-5-7/h6-7H,4-5H2,1-3H3,(H,10,11). The Hall–Kier alpha value is -0.530. The van der Waals surface area contributed by atoms with Gasteiger partial charge in [-0.2, -0.15) is 0 Å². The molecule has 0 atom stereocenters. The summed E-state index contributed by atoms with van der Waals surface area (Å²) < 4.78 is 0. The lowest BCUT2D eigenvalue weighted by Gasteiger charge is -2.16. The van der Waals surface area contributed by atoms with E-state index in [1.54, 1.807) is 6.42 Å². The maximum absolute atomic E-state index is 11.1. The Morgan fingerprint density at radius 2 is 2.00 bits per heavy atom. The lowest BCUT2D eigenvalue weighted by molar-refractivity contribution is -0.118. The summed E-state index contributed by atoms with van der Waals surface area (Å²) in [5.74, 6) is 0.0833. The second-order valence-electron chi connectivity index (χ2n) is 4.29. The van der Waals surface area contributed by atoms with Gasteiger partial charge in [-0.15, -0.1) is 0 Å². The summed E-state index contributed by atoms with van der Waals surface area (Å²) in [6.07, 6.45) is 4.05. The third-order valence-electron chi connectivity index (χ3n) is 1.49. The minimum atomic E-state index is -0.00102. The van der Waals surface area contributed by atoms with Crippen LogP contribution >= 0.6 is 0 Å². The third-order valence-corrected chi connectivity index (χ3v) is 1.49. The first kappa shape index (κ1) is 8.57. The average molecular weight is 154 g/mol. The van der Waals surface area contributed by atoms with Crippen molar-refractivity contribution in [1.82, 2.24) is 5.32 Å². The first-order valence-corrected chi connectivity index (χ1v) is 4.14. The van der Waals surface area contributed by atoms with Gasteiger partial charge in [0, 0.05) is 6.04 Å². The van der Waals surface area contributed by atoms with Crippen LogP contribution in [0.4, 0.5) is 0 Å². The van der Waals surface area contributed by atoms with Gasteiger partial charge < -0.3 is 5.32 Å². The number of carbonyl (C=O) groups is 1. The van der Waals surface area contributed by atoms with Crippen LogP contribution in [-0.4, -0.2) is 11.9 Å². The fraction of sp³-hybridized carbons (Fsp3) is 0.778. The second kappa shape index (κ2) is 2.84. The van der Waals surface area contributed by atoms with E-state index >= 15 is 0 Å². The van der Waals surface area contributed by atoms with Crippen LogP contribution < -0.4 is 5.32 Å². The van der Waals surface area contributed by atoms with E-state index in [1.165, 1.54) is 0 Å². The molecule has 1 amide bonds. The molecule has 0 aromatic heterocycles. The minimum absolute atomic E-state index is 0.00102. The largest absolute Gasteiger partial charge is 0.353 e. The van der Waals surface area contributed by atoms with Crippen molar-refractivity contribution in [2.45, 2.75) is 39.7 Å². The summed E-state index contributed by atoms with van der Waals surface area (Å²) in [5, 5.41) is 2.92. The van der Waals surface area contributed by atoms with E-state index in [9.17, 15) is 4.79 Å². The fourth-order valence-corrected chi connectivity index (χ4v) is 0.864. The molecule has 63 valence electrons. The molecule has 1 N–H and O–H groups in total. The van der Waals surface area contributed by atoms with Gasteiger partial charge in [-0.1, -0.05) is 20.8 Å². The maximum atomic E-state index is 11.1. The van der Waals surface area contributed by atoms with Crippen LogP contribution in [-0.2, 0) is 4.79 Å². The Kier molecular flexibility index (Phi) is 2.21. The molecule has 1 fully saturated rings. The molecule has 11 heavy (non-hydrogen) atoms. The van der Waals surface area contributed by atoms with Crippen LogP contribution in [0.25, 0.3) is 0 Å². The van der Waals surface area contributed by atoms with E-state index in [-0.39, 0.29) is 11.3 Å². The normalized spacial score (nSPS) is 18.1. The van der Waals surface area contributed by atoms with Crippen LogP contribution in [0.5, 0.6) is 0 Å². The van der Waals surface area contributed by atoms with E-state index in [0.717, 1.165) is 12.8 Å². The molecular weight excluding hydrogens is 138 g/mol. The average Bonchev–Trinajstić information content (AvgIpc) is 2.42. The molecule has 2 heteroatoms. The Morgan fingerprint density at radius 1 is 1.45 bits per heavy atom. The molecular formula is C9H16NO. The van der Waals surface area contributed by atoms with Gasteiger partial charge in [0.15, 0.2) is 0 Å². The highest BCUT2D eigenvalue weighted by atomic mass is 16.1. The molecule has 0 saturated heterocycles. The van der Waals surface area contributed by atoms with E-state index in [4.69, 9.17) is 0 Å².